The van der Waals surface area contributed by atoms with Gasteiger partial charge in [0.1, 0.15) is 5.75 Å². The van der Waals surface area contributed by atoms with Crippen molar-refractivity contribution in [1.82, 2.24) is 0 Å². The fraction of sp³-hybridized carbons (Fsp3) is 0.417. The quantitative estimate of drug-likeness (QED) is 0.472. The van der Waals surface area contributed by atoms with Crippen molar-refractivity contribution in [1.29, 1.82) is 0 Å². The Morgan fingerprint density at radius 2 is 1.87 bits per heavy atom. The van der Waals surface area contributed by atoms with Crippen molar-refractivity contribution in [3.8, 4) is 0 Å². The lowest BCUT2D eigenvalue weighted by molar-refractivity contribution is -0.197. The van der Waals surface area contributed by atoms with Crippen molar-refractivity contribution in [2.45, 2.75) is 24.9 Å². The number of carbonyl (C=O) groups is 1. The summed E-state index contributed by atoms with van der Waals surface area (Å²) in [6.07, 6.45) is -8.29. The molecule has 0 heterocycles. The second kappa shape index (κ2) is 7.39. The number of rotatable bonds is 6. The van der Waals surface area contributed by atoms with Crippen LogP contribution in [0, 0.1) is 0 Å². The van der Waals surface area contributed by atoms with Crippen LogP contribution in [-0.2, 0) is 27.5 Å². The van der Waals surface area contributed by atoms with Gasteiger partial charge >= 0.3 is 12.1 Å². The topological polar surface area (TPSA) is 80.7 Å². The van der Waals surface area contributed by atoms with E-state index in [1.54, 1.807) is 6.07 Å². The first-order valence-corrected chi connectivity index (χ1v) is 7.83. The van der Waals surface area contributed by atoms with Crippen molar-refractivity contribution < 1.29 is 35.7 Å². The number of halogens is 3. The zero-order valence-electron chi connectivity index (χ0n) is 11.7. The summed E-state index contributed by atoms with van der Waals surface area (Å²) in [6.45, 7) is 0. The van der Waals surface area contributed by atoms with Crippen LogP contribution in [0.1, 0.15) is 21.5 Å². The highest BCUT2D eigenvalue weighted by Crippen LogP contribution is 2.26. The average Bonchev–Trinajstić information content (AvgIpc) is 2.43. The van der Waals surface area contributed by atoms with E-state index in [0.717, 1.165) is 0 Å². The maximum absolute atomic E-state index is 12.8. The third kappa shape index (κ3) is 5.91. The summed E-state index contributed by atoms with van der Waals surface area (Å²) in [6, 6.07) is 4.16. The van der Waals surface area contributed by atoms with Crippen LogP contribution in [0.5, 0.6) is 0 Å². The minimum Gasteiger partial charge on any atom is -0.448 e. The van der Waals surface area contributed by atoms with Crippen LogP contribution in [-0.4, -0.2) is 52.7 Å². The van der Waals surface area contributed by atoms with Crippen molar-refractivity contribution in [3.63, 3.8) is 0 Å². The van der Waals surface area contributed by atoms with E-state index in [-0.39, 0.29) is 23.8 Å². The lowest BCUT2D eigenvalue weighted by Gasteiger charge is -2.20. The molecule has 1 atom stereocenters. The van der Waals surface area contributed by atoms with E-state index in [1.807, 2.05) is 0 Å². The van der Waals surface area contributed by atoms with Gasteiger partial charge < -0.3 is 4.74 Å². The van der Waals surface area contributed by atoms with Crippen LogP contribution in [0.25, 0.3) is 0 Å². The Labute approximate surface area is 133 Å². The molecule has 1 rings (SSSR count). The Morgan fingerprint density at radius 1 is 1.26 bits per heavy atom. The van der Waals surface area contributed by atoms with Gasteiger partial charge in [-0.1, -0.05) is 30.3 Å². The molecule has 1 aromatic carbocycles. The Morgan fingerprint density at radius 3 is 2.30 bits per heavy atom. The smallest absolute Gasteiger partial charge is 0.426 e. The number of benzene rings is 1. The number of ether oxygens (including phenoxy) is 1. The van der Waals surface area contributed by atoms with Gasteiger partial charge in [0.15, 0.2) is 0 Å². The third-order valence-electron chi connectivity index (χ3n) is 2.83. The summed E-state index contributed by atoms with van der Waals surface area (Å²) >= 11 is 0. The second-order valence-corrected chi connectivity index (χ2v) is 6.08. The molecule has 0 aromatic heterocycles. The molecule has 0 aliphatic heterocycles. The molecule has 0 fully saturated rings. The van der Waals surface area contributed by atoms with Crippen LogP contribution >= 0.6 is 0 Å². The molecule has 1 N–H and O–H groups in total. The van der Waals surface area contributed by atoms with E-state index in [0.29, 0.717) is 5.56 Å². The fourth-order valence-corrected chi connectivity index (χ4v) is 2.34. The first-order valence-electron chi connectivity index (χ1n) is 6.22. The molecule has 5 nitrogen and oxygen atoms in total. The average molecular weight is 346 g/mol. The monoisotopic (exact) mass is 346 g/mol. The van der Waals surface area contributed by atoms with Crippen molar-refractivity contribution >= 4 is 31.8 Å². The number of carbonyl (C=O) groups excluding carboxylic acids is 1. The minimum atomic E-state index is -5.17. The van der Waals surface area contributed by atoms with E-state index < -0.39 is 34.1 Å². The van der Waals surface area contributed by atoms with E-state index in [4.69, 9.17) is 20.2 Å². The molecule has 0 bridgehead atoms. The molecule has 1 unspecified atom stereocenters. The van der Waals surface area contributed by atoms with Gasteiger partial charge in [0.25, 0.3) is 10.1 Å². The Bertz CT molecular complexity index is 676. The van der Waals surface area contributed by atoms with Crippen LogP contribution < -0.4 is 0 Å². The molecular weight excluding hydrogens is 335 g/mol. The third-order valence-corrected chi connectivity index (χ3v) is 3.55. The summed E-state index contributed by atoms with van der Waals surface area (Å²) in [4.78, 5) is 11.9. The van der Waals surface area contributed by atoms with Crippen LogP contribution in [0.15, 0.2) is 18.2 Å². The number of hydrogen-bond donors (Lipinski definition) is 1. The van der Waals surface area contributed by atoms with Crippen LogP contribution in [0.2, 0.25) is 0 Å². The minimum absolute atomic E-state index is 0.0266. The maximum atomic E-state index is 12.8. The lowest BCUT2D eigenvalue weighted by atomic mass is 9.89. The second-order valence-electron chi connectivity index (χ2n) is 4.58. The summed E-state index contributed by atoms with van der Waals surface area (Å²) in [5.41, 5.74) is 0.410. The largest absolute Gasteiger partial charge is 0.448 e. The van der Waals surface area contributed by atoms with Gasteiger partial charge in [0.05, 0.1) is 21.3 Å². The molecule has 0 amide bonds. The van der Waals surface area contributed by atoms with Gasteiger partial charge in [-0.2, -0.15) is 21.6 Å². The molecule has 11 heteroatoms. The lowest BCUT2D eigenvalue weighted by Crippen LogP contribution is -2.39. The Balaban J connectivity index is 3.12. The molecular formula is C12H11B2F3O5S. The highest BCUT2D eigenvalue weighted by molar-refractivity contribution is 7.85. The van der Waals surface area contributed by atoms with Crippen molar-refractivity contribution in [3.05, 3.63) is 34.9 Å². The molecule has 122 valence electrons. The first kappa shape index (κ1) is 19.6. The number of esters is 1. The molecule has 23 heavy (non-hydrogen) atoms. The summed E-state index contributed by atoms with van der Waals surface area (Å²) < 4.78 is 72.4. The van der Waals surface area contributed by atoms with Gasteiger partial charge in [-0.15, -0.1) is 0 Å². The van der Waals surface area contributed by atoms with E-state index in [1.165, 1.54) is 12.1 Å². The molecule has 1 aromatic rings. The number of hydrogen-bond acceptors (Lipinski definition) is 4. The van der Waals surface area contributed by atoms with Crippen LogP contribution in [0.4, 0.5) is 13.2 Å². The van der Waals surface area contributed by atoms with Gasteiger partial charge in [-0.25, -0.2) is 4.79 Å². The summed E-state index contributed by atoms with van der Waals surface area (Å²) in [5, 5.41) is 0. The fourth-order valence-electron chi connectivity index (χ4n) is 1.70. The van der Waals surface area contributed by atoms with E-state index in [9.17, 15) is 26.4 Å². The SMILES string of the molecule is [B]Cc1ccc(C[B])c(C(=O)OC(CS(=O)(=O)O)C(F)(F)F)c1. The predicted molar refractivity (Wildman–Crippen MR) is 77.0 cm³/mol. The van der Waals surface area contributed by atoms with Crippen LogP contribution in [0.3, 0.4) is 0 Å². The molecule has 0 aliphatic carbocycles. The highest BCUT2D eigenvalue weighted by Gasteiger charge is 2.45. The maximum Gasteiger partial charge on any atom is 0.426 e. The summed E-state index contributed by atoms with van der Waals surface area (Å²) in [7, 11) is 5.78. The number of alkyl halides is 3. The van der Waals surface area contributed by atoms with Crippen molar-refractivity contribution in [2.24, 2.45) is 0 Å². The molecule has 4 radical (unpaired) electrons. The zero-order valence-corrected chi connectivity index (χ0v) is 12.5. The van der Waals surface area contributed by atoms with Crippen molar-refractivity contribution in [2.75, 3.05) is 5.75 Å². The van der Waals surface area contributed by atoms with Gasteiger partial charge in [-0.3, -0.25) is 4.55 Å². The van der Waals surface area contributed by atoms with E-state index >= 15 is 0 Å². The Kier molecular flexibility index (Phi) is 6.29. The molecule has 0 saturated carbocycles. The Hall–Kier alpha value is -1.48. The molecule has 0 aliphatic rings. The standard InChI is InChI=1S/C12H11B2F3O5S/c13-4-7-1-2-8(5-14)9(3-7)11(18)22-10(12(15,16)17)6-23(19,20)21/h1-3,10H,4-6H2,(H,19,20,21). The predicted octanol–water partition coefficient (Wildman–Crippen LogP) is 0.999. The first-order chi connectivity index (χ1) is 10.5. The highest BCUT2D eigenvalue weighted by atomic mass is 32.2. The molecule has 0 spiro atoms. The zero-order chi connectivity index (χ0) is 17.8. The van der Waals surface area contributed by atoms with Gasteiger partial charge in [0.2, 0.25) is 6.10 Å². The normalized spacial score (nSPS) is 13.6. The molecule has 0 saturated heterocycles. The van der Waals surface area contributed by atoms with E-state index in [2.05, 4.69) is 4.74 Å². The van der Waals surface area contributed by atoms with Gasteiger partial charge in [0, 0.05) is 0 Å². The summed E-state index contributed by atoms with van der Waals surface area (Å²) in [5.74, 6) is -3.21. The van der Waals surface area contributed by atoms with Gasteiger partial charge in [-0.05, 0) is 11.6 Å².